The molecule has 7 nitrogen and oxygen atoms in total. The molecule has 2 unspecified atom stereocenters. The van der Waals surface area contributed by atoms with Crippen LogP contribution in [0.2, 0.25) is 0 Å². The van der Waals surface area contributed by atoms with Crippen molar-refractivity contribution in [3.63, 3.8) is 0 Å². The maximum Gasteiger partial charge on any atom is 0.254 e. The van der Waals surface area contributed by atoms with Crippen LogP contribution >= 0.6 is 0 Å². The second-order valence-electron chi connectivity index (χ2n) is 8.46. The molecule has 2 atom stereocenters. The van der Waals surface area contributed by atoms with Crippen LogP contribution in [0.4, 0.5) is 0 Å². The van der Waals surface area contributed by atoms with Gasteiger partial charge in [-0.1, -0.05) is 18.2 Å². The van der Waals surface area contributed by atoms with Crippen molar-refractivity contribution >= 4 is 11.8 Å². The van der Waals surface area contributed by atoms with Gasteiger partial charge in [-0.25, -0.2) is 0 Å². The molecule has 2 aliphatic heterocycles. The Bertz CT molecular complexity index is 1040. The van der Waals surface area contributed by atoms with Gasteiger partial charge in [0, 0.05) is 31.9 Å². The molecule has 34 heavy (non-hydrogen) atoms. The highest BCUT2D eigenvalue weighted by Gasteiger charge is 2.46. The van der Waals surface area contributed by atoms with E-state index in [9.17, 15) is 9.59 Å². The summed E-state index contributed by atoms with van der Waals surface area (Å²) in [5.74, 6) is 0.736. The lowest BCUT2D eigenvalue weighted by Crippen LogP contribution is -2.50. The number of carbonyl (C=O) groups is 2. The molecule has 2 amide bonds. The Kier molecular flexibility index (Phi) is 7.73. The van der Waals surface area contributed by atoms with Gasteiger partial charge in [-0.2, -0.15) is 0 Å². The molecule has 0 saturated carbocycles. The molecule has 0 aliphatic carbocycles. The zero-order chi connectivity index (χ0) is 24.1. The van der Waals surface area contributed by atoms with Gasteiger partial charge in [0.1, 0.15) is 0 Å². The number of ether oxygens (including phenoxy) is 3. The summed E-state index contributed by atoms with van der Waals surface area (Å²) in [5.41, 5.74) is 3.42. The number of hydrogen-bond donors (Lipinski definition) is 1. The average molecular weight is 467 g/mol. The van der Waals surface area contributed by atoms with Crippen LogP contribution < -0.4 is 14.8 Å². The summed E-state index contributed by atoms with van der Waals surface area (Å²) in [7, 11) is 0. The van der Waals surface area contributed by atoms with Crippen LogP contribution in [0.5, 0.6) is 11.5 Å². The molecule has 0 saturated heterocycles. The van der Waals surface area contributed by atoms with Gasteiger partial charge in [0.2, 0.25) is 5.91 Å². The van der Waals surface area contributed by atoms with E-state index in [0.717, 1.165) is 23.1 Å². The summed E-state index contributed by atoms with van der Waals surface area (Å²) in [5, 5.41) is 3.09. The summed E-state index contributed by atoms with van der Waals surface area (Å²) in [6, 6.07) is 11.1. The quantitative estimate of drug-likeness (QED) is 0.538. The van der Waals surface area contributed by atoms with Crippen molar-refractivity contribution in [2.75, 3.05) is 39.5 Å². The number of fused-ring (bicyclic) bond motifs is 4. The molecule has 7 heteroatoms. The first-order valence-electron chi connectivity index (χ1n) is 12.3. The first-order chi connectivity index (χ1) is 16.6. The monoisotopic (exact) mass is 466 g/mol. The zero-order valence-electron chi connectivity index (χ0n) is 20.3. The maximum atomic E-state index is 13.6. The van der Waals surface area contributed by atoms with Gasteiger partial charge < -0.3 is 24.4 Å². The van der Waals surface area contributed by atoms with E-state index in [0.29, 0.717) is 63.0 Å². The first kappa shape index (κ1) is 24.1. The molecule has 0 spiro atoms. The molecule has 1 N–H and O–H groups in total. The fourth-order valence-corrected chi connectivity index (χ4v) is 4.99. The van der Waals surface area contributed by atoms with Crippen molar-refractivity contribution in [1.29, 1.82) is 0 Å². The number of benzene rings is 2. The number of hydrogen-bond acceptors (Lipinski definition) is 5. The fourth-order valence-electron chi connectivity index (χ4n) is 4.99. The van der Waals surface area contributed by atoms with Gasteiger partial charge in [-0.3, -0.25) is 9.59 Å². The summed E-state index contributed by atoms with van der Waals surface area (Å²) < 4.78 is 17.1. The van der Waals surface area contributed by atoms with Gasteiger partial charge in [-0.05, 0) is 68.5 Å². The van der Waals surface area contributed by atoms with Gasteiger partial charge >= 0.3 is 0 Å². The Morgan fingerprint density at radius 3 is 2.50 bits per heavy atom. The van der Waals surface area contributed by atoms with E-state index in [1.165, 1.54) is 0 Å². The standard InChI is InChI=1S/C27H34N2O5/c1-4-32-15-9-13-28-26(30)24-19-10-7-8-11-20(19)27(31)29-14-12-18-16-22(33-5-2)23(34-6-3)17-21(18)25(24)29/h7-8,10-11,16-17,24-25H,4-6,9,12-15H2,1-3H3,(H,28,30). The minimum absolute atomic E-state index is 0.0292. The summed E-state index contributed by atoms with van der Waals surface area (Å²) in [6.07, 6.45) is 1.44. The normalized spacial score (nSPS) is 18.6. The van der Waals surface area contributed by atoms with Crippen LogP contribution in [0.25, 0.3) is 0 Å². The SMILES string of the molecule is CCOCCCNC(=O)C1c2ccccc2C(=O)N2CCc3cc(OCC)c(OCC)cc3C12. The van der Waals surface area contributed by atoms with E-state index in [1.54, 1.807) is 0 Å². The van der Waals surface area contributed by atoms with Crippen molar-refractivity contribution in [2.45, 2.75) is 45.6 Å². The van der Waals surface area contributed by atoms with Crippen LogP contribution in [-0.4, -0.2) is 56.2 Å². The summed E-state index contributed by atoms with van der Waals surface area (Å²) >= 11 is 0. The molecule has 0 radical (unpaired) electrons. The number of nitrogens with one attached hydrogen (secondary N) is 1. The third-order valence-corrected chi connectivity index (χ3v) is 6.44. The molecule has 182 valence electrons. The highest BCUT2D eigenvalue weighted by molar-refractivity contribution is 6.01. The first-order valence-corrected chi connectivity index (χ1v) is 12.3. The lowest BCUT2D eigenvalue weighted by atomic mass is 9.75. The van der Waals surface area contributed by atoms with E-state index >= 15 is 0 Å². The number of nitrogens with zero attached hydrogens (tertiary/aromatic N) is 1. The number of amides is 2. The van der Waals surface area contributed by atoms with E-state index in [2.05, 4.69) is 5.32 Å². The largest absolute Gasteiger partial charge is 0.490 e. The van der Waals surface area contributed by atoms with Crippen LogP contribution in [0.3, 0.4) is 0 Å². The van der Waals surface area contributed by atoms with E-state index in [-0.39, 0.29) is 11.8 Å². The number of rotatable bonds is 10. The third kappa shape index (κ3) is 4.62. The van der Waals surface area contributed by atoms with Crippen LogP contribution in [0.1, 0.15) is 66.2 Å². The van der Waals surface area contributed by atoms with Gasteiger partial charge in [0.25, 0.3) is 5.91 Å². The Balaban J connectivity index is 1.75. The van der Waals surface area contributed by atoms with Crippen LogP contribution in [-0.2, 0) is 16.0 Å². The van der Waals surface area contributed by atoms with E-state index in [4.69, 9.17) is 14.2 Å². The van der Waals surface area contributed by atoms with Crippen molar-refractivity contribution < 1.29 is 23.8 Å². The lowest BCUT2D eigenvalue weighted by molar-refractivity contribution is -0.124. The smallest absolute Gasteiger partial charge is 0.254 e. The van der Waals surface area contributed by atoms with Crippen molar-refractivity contribution in [2.24, 2.45) is 0 Å². The Labute approximate surface area is 201 Å². The molecule has 2 aromatic rings. The molecule has 0 fully saturated rings. The Hall–Kier alpha value is -3.06. The van der Waals surface area contributed by atoms with Crippen molar-refractivity contribution in [3.8, 4) is 11.5 Å². The average Bonchev–Trinajstić information content (AvgIpc) is 2.85. The molecule has 0 bridgehead atoms. The van der Waals surface area contributed by atoms with Crippen molar-refractivity contribution in [3.05, 3.63) is 58.7 Å². The highest BCUT2D eigenvalue weighted by atomic mass is 16.5. The number of carbonyl (C=O) groups excluding carboxylic acids is 2. The highest BCUT2D eigenvalue weighted by Crippen LogP contribution is 2.48. The van der Waals surface area contributed by atoms with E-state index in [1.807, 2.05) is 62.1 Å². The van der Waals surface area contributed by atoms with Crippen LogP contribution in [0, 0.1) is 0 Å². The second-order valence-corrected chi connectivity index (χ2v) is 8.46. The predicted octanol–water partition coefficient (Wildman–Crippen LogP) is 3.86. The third-order valence-electron chi connectivity index (χ3n) is 6.44. The molecule has 2 aliphatic rings. The Morgan fingerprint density at radius 2 is 1.76 bits per heavy atom. The zero-order valence-corrected chi connectivity index (χ0v) is 20.3. The van der Waals surface area contributed by atoms with Crippen molar-refractivity contribution in [1.82, 2.24) is 10.2 Å². The topological polar surface area (TPSA) is 77.1 Å². The van der Waals surface area contributed by atoms with Gasteiger partial charge in [0.15, 0.2) is 11.5 Å². The summed E-state index contributed by atoms with van der Waals surface area (Å²) in [4.78, 5) is 28.9. The molecular weight excluding hydrogens is 432 g/mol. The fraction of sp³-hybridized carbons (Fsp3) is 0.481. The molecule has 0 aromatic heterocycles. The molecule has 2 aromatic carbocycles. The Morgan fingerprint density at radius 1 is 1.03 bits per heavy atom. The summed E-state index contributed by atoms with van der Waals surface area (Å²) in [6.45, 7) is 9.21. The second kappa shape index (κ2) is 10.9. The maximum absolute atomic E-state index is 13.6. The lowest BCUT2D eigenvalue weighted by Gasteiger charge is -2.45. The molecule has 2 heterocycles. The van der Waals surface area contributed by atoms with Gasteiger partial charge in [-0.15, -0.1) is 0 Å². The minimum atomic E-state index is -0.507. The molecule has 4 rings (SSSR count). The molecular formula is C27H34N2O5. The van der Waals surface area contributed by atoms with Gasteiger partial charge in [0.05, 0.1) is 25.2 Å². The van der Waals surface area contributed by atoms with Crippen LogP contribution in [0.15, 0.2) is 36.4 Å². The predicted molar refractivity (Wildman–Crippen MR) is 130 cm³/mol. The minimum Gasteiger partial charge on any atom is -0.490 e. The van der Waals surface area contributed by atoms with E-state index < -0.39 is 12.0 Å².